The van der Waals surface area contributed by atoms with E-state index < -0.39 is 0 Å². The van der Waals surface area contributed by atoms with Crippen molar-refractivity contribution in [2.45, 2.75) is 44.6 Å². The third-order valence-electron chi connectivity index (χ3n) is 6.29. The van der Waals surface area contributed by atoms with Crippen molar-refractivity contribution in [3.05, 3.63) is 90.0 Å². The first-order valence-corrected chi connectivity index (χ1v) is 11.0. The van der Waals surface area contributed by atoms with Crippen LogP contribution in [0, 0.1) is 0 Å². The zero-order valence-corrected chi connectivity index (χ0v) is 18.1. The molecule has 1 N–H and O–H groups in total. The second-order valence-electron chi connectivity index (χ2n) is 8.47. The van der Waals surface area contributed by atoms with Crippen molar-refractivity contribution >= 4 is 11.6 Å². The number of carbonyl (C=O) groups excluding carboxylic acids is 1. The molecule has 1 aromatic carbocycles. The molecule has 2 aromatic heterocycles. The molecule has 31 heavy (non-hydrogen) atoms. The van der Waals surface area contributed by atoms with E-state index in [2.05, 4.69) is 51.6 Å². The van der Waals surface area contributed by atoms with Crippen LogP contribution in [0.5, 0.6) is 0 Å². The Hall–Kier alpha value is -3.05. The van der Waals surface area contributed by atoms with Crippen LogP contribution in [-0.4, -0.2) is 33.9 Å². The molecule has 0 radical (unpaired) electrons. The topological polar surface area (TPSA) is 58.1 Å². The Morgan fingerprint density at radius 1 is 0.968 bits per heavy atom. The molecule has 1 fully saturated rings. The molecule has 5 nitrogen and oxygen atoms in total. The number of likely N-dealkylation sites (tertiary alicyclic amines) is 1. The van der Waals surface area contributed by atoms with Crippen LogP contribution in [0.25, 0.3) is 0 Å². The van der Waals surface area contributed by atoms with E-state index in [0.29, 0.717) is 0 Å². The number of nitrogens with zero attached hydrogens (tertiary/aromatic N) is 3. The summed E-state index contributed by atoms with van der Waals surface area (Å²) in [5.74, 6) is -0.0413. The molecular weight excluding hydrogens is 384 g/mol. The molecule has 0 unspecified atom stereocenters. The average molecular weight is 415 g/mol. The van der Waals surface area contributed by atoms with Crippen LogP contribution < -0.4 is 5.32 Å². The molecule has 5 heteroatoms. The van der Waals surface area contributed by atoms with Crippen molar-refractivity contribution in [3.8, 4) is 0 Å². The summed E-state index contributed by atoms with van der Waals surface area (Å²) < 4.78 is 0. The molecule has 1 aliphatic rings. The summed E-state index contributed by atoms with van der Waals surface area (Å²) in [6.45, 7) is 4.56. The van der Waals surface area contributed by atoms with E-state index in [-0.39, 0.29) is 11.3 Å². The van der Waals surface area contributed by atoms with E-state index in [0.717, 1.165) is 56.7 Å². The second kappa shape index (κ2) is 9.84. The van der Waals surface area contributed by atoms with Gasteiger partial charge in [-0.1, -0.05) is 24.3 Å². The third-order valence-corrected chi connectivity index (χ3v) is 6.29. The van der Waals surface area contributed by atoms with Gasteiger partial charge in [0.05, 0.1) is 0 Å². The van der Waals surface area contributed by atoms with Gasteiger partial charge in [0.2, 0.25) is 5.91 Å². The van der Waals surface area contributed by atoms with Crippen LogP contribution in [0.3, 0.4) is 0 Å². The maximum atomic E-state index is 11.2. The van der Waals surface area contributed by atoms with Gasteiger partial charge < -0.3 is 5.32 Å². The molecule has 3 heterocycles. The molecular formula is C26H30N4O. The quantitative estimate of drug-likeness (QED) is 0.614. The molecule has 0 bridgehead atoms. The van der Waals surface area contributed by atoms with Gasteiger partial charge >= 0.3 is 0 Å². The summed E-state index contributed by atoms with van der Waals surface area (Å²) in [4.78, 5) is 23.0. The number of aryl methyl sites for hydroxylation is 1. The molecule has 0 atom stereocenters. The predicted molar refractivity (Wildman–Crippen MR) is 124 cm³/mol. The van der Waals surface area contributed by atoms with E-state index in [1.165, 1.54) is 18.2 Å². The maximum absolute atomic E-state index is 11.2. The minimum atomic E-state index is -0.0413. The molecule has 1 aliphatic heterocycles. The number of benzene rings is 1. The number of hydrogen-bond acceptors (Lipinski definition) is 4. The van der Waals surface area contributed by atoms with Gasteiger partial charge in [-0.3, -0.25) is 19.7 Å². The standard InChI is InChI=1S/C26H30N4O/c1-21(31)29-24-10-8-22(9-11-24)20-30-18-14-26(15-19-30,25-7-3-5-17-28-25)13-12-23-6-2-4-16-27-23/h2-11,16-17H,12-15,18-20H2,1H3,(H,29,31). The number of amides is 1. The summed E-state index contributed by atoms with van der Waals surface area (Å²) in [5, 5.41) is 2.83. The number of aromatic nitrogens is 2. The van der Waals surface area contributed by atoms with Gasteiger partial charge in [0.15, 0.2) is 0 Å². The van der Waals surface area contributed by atoms with Crippen molar-refractivity contribution in [1.82, 2.24) is 14.9 Å². The van der Waals surface area contributed by atoms with Gasteiger partial charge in [-0.15, -0.1) is 0 Å². The number of rotatable bonds is 7. The Balaban J connectivity index is 1.41. The highest BCUT2D eigenvalue weighted by Gasteiger charge is 2.37. The lowest BCUT2D eigenvalue weighted by Gasteiger charge is -2.42. The Kier molecular flexibility index (Phi) is 6.73. The Labute approximate surface area is 184 Å². The summed E-state index contributed by atoms with van der Waals surface area (Å²) in [6, 6.07) is 20.6. The van der Waals surface area contributed by atoms with Gasteiger partial charge in [0, 0.05) is 48.4 Å². The van der Waals surface area contributed by atoms with Crippen molar-refractivity contribution in [1.29, 1.82) is 0 Å². The van der Waals surface area contributed by atoms with Crippen LogP contribution >= 0.6 is 0 Å². The highest BCUT2D eigenvalue weighted by molar-refractivity contribution is 5.88. The van der Waals surface area contributed by atoms with Crippen LogP contribution in [0.4, 0.5) is 5.69 Å². The smallest absolute Gasteiger partial charge is 0.221 e. The minimum Gasteiger partial charge on any atom is -0.326 e. The molecule has 4 rings (SSSR count). The number of anilines is 1. The van der Waals surface area contributed by atoms with Crippen molar-refractivity contribution in [3.63, 3.8) is 0 Å². The normalized spacial score (nSPS) is 16.0. The second-order valence-corrected chi connectivity index (χ2v) is 8.47. The number of piperidine rings is 1. The van der Waals surface area contributed by atoms with Crippen LogP contribution in [0.15, 0.2) is 73.1 Å². The van der Waals surface area contributed by atoms with E-state index in [4.69, 9.17) is 4.98 Å². The van der Waals surface area contributed by atoms with Gasteiger partial charge in [-0.05, 0) is 80.7 Å². The molecule has 0 spiro atoms. The molecule has 160 valence electrons. The average Bonchev–Trinajstić information content (AvgIpc) is 2.81. The predicted octanol–water partition coefficient (Wildman–Crippen LogP) is 4.60. The van der Waals surface area contributed by atoms with Gasteiger partial charge in [0.25, 0.3) is 0 Å². The number of carbonyl (C=O) groups is 1. The highest BCUT2D eigenvalue weighted by Crippen LogP contribution is 2.38. The van der Waals surface area contributed by atoms with Crippen LogP contribution in [0.2, 0.25) is 0 Å². The largest absolute Gasteiger partial charge is 0.326 e. The summed E-state index contributed by atoms with van der Waals surface area (Å²) >= 11 is 0. The van der Waals surface area contributed by atoms with Crippen molar-refractivity contribution < 1.29 is 4.79 Å². The van der Waals surface area contributed by atoms with Crippen LogP contribution in [-0.2, 0) is 23.2 Å². The fourth-order valence-electron chi connectivity index (χ4n) is 4.52. The van der Waals surface area contributed by atoms with E-state index in [1.54, 1.807) is 0 Å². The minimum absolute atomic E-state index is 0.0413. The first-order chi connectivity index (χ1) is 15.1. The fourth-order valence-corrected chi connectivity index (χ4v) is 4.52. The first-order valence-electron chi connectivity index (χ1n) is 11.0. The lowest BCUT2D eigenvalue weighted by molar-refractivity contribution is -0.114. The molecule has 3 aromatic rings. The third kappa shape index (κ3) is 5.56. The Bertz CT molecular complexity index is 965. The number of pyridine rings is 2. The van der Waals surface area contributed by atoms with E-state index in [1.807, 2.05) is 36.7 Å². The van der Waals surface area contributed by atoms with Gasteiger partial charge in [0.1, 0.15) is 0 Å². The Morgan fingerprint density at radius 2 is 1.68 bits per heavy atom. The SMILES string of the molecule is CC(=O)Nc1ccc(CN2CCC(CCc3ccccn3)(c3ccccn3)CC2)cc1. The summed E-state index contributed by atoms with van der Waals surface area (Å²) in [5.41, 5.74) is 4.58. The first kappa shape index (κ1) is 21.2. The Morgan fingerprint density at radius 3 is 2.29 bits per heavy atom. The number of hydrogen-bond donors (Lipinski definition) is 1. The lowest BCUT2D eigenvalue weighted by atomic mass is 9.71. The van der Waals surface area contributed by atoms with Crippen molar-refractivity contribution in [2.24, 2.45) is 0 Å². The van der Waals surface area contributed by atoms with E-state index in [9.17, 15) is 4.79 Å². The molecule has 0 aliphatic carbocycles. The summed E-state index contributed by atoms with van der Waals surface area (Å²) in [7, 11) is 0. The number of nitrogens with one attached hydrogen (secondary N) is 1. The summed E-state index contributed by atoms with van der Waals surface area (Å²) in [6.07, 6.45) is 8.04. The zero-order chi connectivity index (χ0) is 21.5. The lowest BCUT2D eigenvalue weighted by Crippen LogP contribution is -2.43. The molecule has 1 amide bonds. The fraction of sp³-hybridized carbons (Fsp3) is 0.346. The highest BCUT2D eigenvalue weighted by atomic mass is 16.1. The van der Waals surface area contributed by atoms with Gasteiger partial charge in [-0.2, -0.15) is 0 Å². The van der Waals surface area contributed by atoms with Crippen molar-refractivity contribution in [2.75, 3.05) is 18.4 Å². The molecule has 1 saturated heterocycles. The maximum Gasteiger partial charge on any atom is 0.221 e. The van der Waals surface area contributed by atoms with Gasteiger partial charge in [-0.25, -0.2) is 0 Å². The molecule has 0 saturated carbocycles. The monoisotopic (exact) mass is 414 g/mol. The van der Waals surface area contributed by atoms with Crippen LogP contribution in [0.1, 0.15) is 43.1 Å². The zero-order valence-electron chi connectivity index (χ0n) is 18.1. The van der Waals surface area contributed by atoms with E-state index >= 15 is 0 Å².